The maximum absolute atomic E-state index is 14.0. The van der Waals surface area contributed by atoms with Crippen LogP contribution in [-0.2, 0) is 28.8 Å². The van der Waals surface area contributed by atoms with Gasteiger partial charge >= 0.3 is 6.03 Å². The first-order valence-corrected chi connectivity index (χ1v) is 15.8. The van der Waals surface area contributed by atoms with Crippen LogP contribution in [0.3, 0.4) is 0 Å². The van der Waals surface area contributed by atoms with E-state index in [2.05, 4.69) is 22.5 Å². The number of primary amides is 1. The molecule has 0 aromatic heterocycles. The van der Waals surface area contributed by atoms with Gasteiger partial charge in [0.1, 0.15) is 17.7 Å². The van der Waals surface area contributed by atoms with E-state index in [9.17, 15) is 33.6 Å². The van der Waals surface area contributed by atoms with E-state index in [1.807, 2.05) is 20.8 Å². The number of hydrogen-bond donors (Lipinski definition) is 6. The Labute approximate surface area is 274 Å². The summed E-state index contributed by atoms with van der Waals surface area (Å²) in [6, 6.07) is -4.57. The van der Waals surface area contributed by atoms with Gasteiger partial charge in [0.05, 0.1) is 24.2 Å². The maximum atomic E-state index is 14.0. The topological polar surface area (TPSA) is 222 Å². The number of Topliss-reactive ketones (excluding diaryl/α,β-unsaturated/α-hetero) is 1. The fourth-order valence-corrected chi connectivity index (χ4v) is 5.71. The Bertz CT molecular complexity index is 1390. The van der Waals surface area contributed by atoms with Crippen LogP contribution in [0.2, 0.25) is 0 Å². The number of nitrogens with zero attached hydrogens (tertiary/aromatic N) is 2. The molecule has 1 saturated carbocycles. The number of imide groups is 1. The number of carbonyl (C=O) groups excluding carboxylic acids is 7. The summed E-state index contributed by atoms with van der Waals surface area (Å²) in [5.41, 5.74) is 3.66. The van der Waals surface area contributed by atoms with Crippen molar-refractivity contribution in [2.75, 3.05) is 13.1 Å². The first kappa shape index (κ1) is 36.9. The number of carbonyl (C=O) groups is 7. The normalized spacial score (nSPS) is 20.7. The summed E-state index contributed by atoms with van der Waals surface area (Å²) in [5, 5.41) is 19.1. The van der Waals surface area contributed by atoms with Gasteiger partial charge in [-0.05, 0) is 41.2 Å². The predicted octanol–water partition coefficient (Wildman–Crippen LogP) is -1.16. The second-order valence-corrected chi connectivity index (χ2v) is 14.5. The molecule has 1 aliphatic carbocycles. The summed E-state index contributed by atoms with van der Waals surface area (Å²) in [5.74, 6) is -4.19. The Morgan fingerprint density at radius 3 is 2.11 bits per heavy atom. The highest BCUT2D eigenvalue weighted by Gasteiger charge is 2.45. The first-order valence-electron chi connectivity index (χ1n) is 15.8. The van der Waals surface area contributed by atoms with Crippen molar-refractivity contribution in [3.8, 4) is 0 Å². The lowest BCUT2D eigenvalue weighted by atomic mass is 9.85. The van der Waals surface area contributed by atoms with E-state index in [4.69, 9.17) is 10.9 Å². The van der Waals surface area contributed by atoms with E-state index in [0.29, 0.717) is 19.3 Å². The van der Waals surface area contributed by atoms with Crippen molar-refractivity contribution in [2.45, 2.75) is 97.8 Å². The van der Waals surface area contributed by atoms with Crippen molar-refractivity contribution in [1.82, 2.24) is 25.8 Å². The second-order valence-electron chi connectivity index (χ2n) is 14.5. The molecule has 4 atom stereocenters. The molecule has 7 N–H and O–H groups in total. The van der Waals surface area contributed by atoms with Crippen LogP contribution in [0.5, 0.6) is 0 Å². The lowest BCUT2D eigenvalue weighted by Gasteiger charge is -2.37. The van der Waals surface area contributed by atoms with Crippen molar-refractivity contribution < 1.29 is 43.9 Å². The molecular weight excluding hydrogens is 610 g/mol. The third-order valence-electron chi connectivity index (χ3n) is 8.74. The van der Waals surface area contributed by atoms with Gasteiger partial charge in [-0.1, -0.05) is 67.0 Å². The van der Waals surface area contributed by atoms with Crippen LogP contribution < -0.4 is 26.8 Å². The van der Waals surface area contributed by atoms with Crippen LogP contribution in [0.15, 0.2) is 23.8 Å². The Morgan fingerprint density at radius 1 is 0.979 bits per heavy atom. The Balaban J connectivity index is 1.76. The number of rotatable bonds is 13. The molecule has 1 unspecified atom stereocenters. The molecule has 3 rings (SSSR count). The van der Waals surface area contributed by atoms with Crippen molar-refractivity contribution >= 4 is 47.6 Å². The predicted molar refractivity (Wildman–Crippen MR) is 169 cm³/mol. The van der Waals surface area contributed by atoms with Gasteiger partial charge in [0.25, 0.3) is 17.7 Å². The Morgan fingerprint density at radius 2 is 1.60 bits per heavy atom. The quantitative estimate of drug-likeness (QED) is 0.0464. The molecule has 2 aliphatic heterocycles. The van der Waals surface area contributed by atoms with Crippen LogP contribution in [-0.4, -0.2) is 99.8 Å². The minimum Gasteiger partial charge on any atom is -0.363 e. The first-order chi connectivity index (χ1) is 21.8. The molecule has 0 radical (unpaired) electrons. The number of hydrogen-bond acceptors (Lipinski definition) is 8. The van der Waals surface area contributed by atoms with Gasteiger partial charge in [-0.3, -0.25) is 38.9 Å². The molecule has 0 aromatic carbocycles. The number of nitrogens with one attached hydrogen (secondary N) is 4. The molecule has 15 heteroatoms. The minimum atomic E-state index is -1.14. The highest BCUT2D eigenvalue weighted by molar-refractivity contribution is 6.37. The molecule has 1 saturated heterocycles. The third-order valence-corrected chi connectivity index (χ3v) is 8.74. The number of ketones is 1. The van der Waals surface area contributed by atoms with Crippen LogP contribution in [0, 0.1) is 16.7 Å². The largest absolute Gasteiger partial charge is 0.363 e. The Kier molecular flexibility index (Phi) is 11.4. The Hall–Kier alpha value is -4.56. The van der Waals surface area contributed by atoms with Gasteiger partial charge in [-0.15, -0.1) is 0 Å². The van der Waals surface area contributed by atoms with Crippen molar-refractivity contribution in [3.63, 3.8) is 0 Å². The monoisotopic (exact) mass is 658 g/mol. The van der Waals surface area contributed by atoms with Crippen LogP contribution in [0.25, 0.3) is 0 Å². The van der Waals surface area contributed by atoms with Crippen LogP contribution >= 0.6 is 0 Å². The van der Waals surface area contributed by atoms with E-state index >= 15 is 0 Å². The fraction of sp³-hybridized carbons (Fsp3) is 0.625. The summed E-state index contributed by atoms with van der Waals surface area (Å²) in [6.07, 6.45) is 5.12. The number of likely N-dealkylation sites (tertiary alicyclic amines) is 1. The summed E-state index contributed by atoms with van der Waals surface area (Å²) in [6.45, 7) is 14.3. The number of nitrogens with two attached hydrogens (primary N) is 1. The van der Waals surface area contributed by atoms with Gasteiger partial charge in [-0.25, -0.2) is 4.79 Å². The molecule has 258 valence electrons. The maximum Gasteiger partial charge on any atom is 0.315 e. The minimum absolute atomic E-state index is 0.00545. The van der Waals surface area contributed by atoms with Crippen LogP contribution in [0.1, 0.15) is 73.6 Å². The molecule has 15 nitrogen and oxygen atoms in total. The zero-order chi connectivity index (χ0) is 35.4. The summed E-state index contributed by atoms with van der Waals surface area (Å²) < 4.78 is 0. The van der Waals surface area contributed by atoms with Gasteiger partial charge in [-0.2, -0.15) is 0 Å². The smallest absolute Gasteiger partial charge is 0.315 e. The van der Waals surface area contributed by atoms with Gasteiger partial charge in [0.2, 0.25) is 23.8 Å². The third kappa shape index (κ3) is 8.83. The molecule has 0 bridgehead atoms. The zero-order valence-electron chi connectivity index (χ0n) is 28.0. The van der Waals surface area contributed by atoms with Crippen LogP contribution in [0.4, 0.5) is 4.79 Å². The fourth-order valence-electron chi connectivity index (χ4n) is 5.71. The summed E-state index contributed by atoms with van der Waals surface area (Å²) in [4.78, 5) is 93.2. The highest BCUT2D eigenvalue weighted by Crippen LogP contribution is 2.34. The molecule has 2 heterocycles. The van der Waals surface area contributed by atoms with E-state index in [-0.39, 0.29) is 30.2 Å². The standard InChI is InChI=1S/C32H47N7O8/c1-8-18-19(15-34-47)28(44)39(27(18)43)16-22(31(2,3)4)36-30(46)37-24(32(5,6)7)29(45)38-13-9-10-21(38)26(42)35-20(14-17-11-12-17)23(40)25(33)41/h8,15,17,20-22,24,47H,1,9-14,16H2,2-7H3,(H2,33,41)(H,35,42)(H2,36,37,46)/p+1/t20?,21-,22+,24+/m0/s1. The second kappa shape index (κ2) is 14.5. The average molecular weight is 659 g/mol. The molecule has 47 heavy (non-hydrogen) atoms. The van der Waals surface area contributed by atoms with E-state index < -0.39 is 76.3 Å². The summed E-state index contributed by atoms with van der Waals surface area (Å²) in [7, 11) is 0. The molecule has 7 amide bonds. The molecule has 0 spiro atoms. The lowest BCUT2D eigenvalue weighted by molar-refractivity contribution is -0.733. The zero-order valence-corrected chi connectivity index (χ0v) is 28.0. The molecular formula is C32H48N7O8+. The number of amides is 7. The SMILES string of the molecule is C=CC1=C(C=[NH+]O)C(=O)N(C[C@@H](NC(=O)N[C@H](C(=O)N2CCC[C@H]2C(=O)NC(CC2CC2)C(=O)C(N)=O)C(C)(C)C)C(C)(C)C)C1=O. The molecule has 0 aromatic rings. The highest BCUT2D eigenvalue weighted by atomic mass is 16.4. The average Bonchev–Trinajstić information content (AvgIpc) is 3.59. The van der Waals surface area contributed by atoms with E-state index in [1.54, 1.807) is 25.9 Å². The molecule has 3 aliphatic rings. The number of urea groups is 1. The van der Waals surface area contributed by atoms with Gasteiger partial charge < -0.3 is 26.6 Å². The van der Waals surface area contributed by atoms with Crippen molar-refractivity contribution in [1.29, 1.82) is 0 Å². The lowest BCUT2D eigenvalue weighted by Crippen LogP contribution is -2.64. The van der Waals surface area contributed by atoms with E-state index in [0.717, 1.165) is 24.0 Å². The van der Waals surface area contributed by atoms with Gasteiger partial charge in [0, 0.05) is 6.54 Å². The van der Waals surface area contributed by atoms with E-state index in [1.165, 1.54) is 11.0 Å². The van der Waals surface area contributed by atoms with Crippen molar-refractivity contribution in [3.05, 3.63) is 23.8 Å². The van der Waals surface area contributed by atoms with Crippen molar-refractivity contribution in [2.24, 2.45) is 22.5 Å². The summed E-state index contributed by atoms with van der Waals surface area (Å²) >= 11 is 0. The molecule has 2 fully saturated rings. The van der Waals surface area contributed by atoms with Gasteiger partial charge in [0.15, 0.2) is 0 Å².